The van der Waals surface area contributed by atoms with Gasteiger partial charge < -0.3 is 15.2 Å². The zero-order chi connectivity index (χ0) is 14.5. The van der Waals surface area contributed by atoms with Crippen LogP contribution in [0.4, 0.5) is 0 Å². The van der Waals surface area contributed by atoms with Crippen molar-refractivity contribution in [3.63, 3.8) is 0 Å². The summed E-state index contributed by atoms with van der Waals surface area (Å²) in [5.74, 6) is -0.106. The lowest BCUT2D eigenvalue weighted by Gasteiger charge is -2.33. The normalized spacial score (nSPS) is 19.1. The summed E-state index contributed by atoms with van der Waals surface area (Å²) < 4.78 is 0. The van der Waals surface area contributed by atoms with Crippen LogP contribution >= 0.6 is 0 Å². The van der Waals surface area contributed by atoms with E-state index in [4.69, 9.17) is 0 Å². The largest absolute Gasteiger partial charge is 0.333 e. The quantitative estimate of drug-likeness (QED) is 0.873. The fourth-order valence-corrected chi connectivity index (χ4v) is 2.57. The van der Waals surface area contributed by atoms with E-state index in [1.54, 1.807) is 12.1 Å². The van der Waals surface area contributed by atoms with Crippen molar-refractivity contribution in [1.82, 2.24) is 15.2 Å². The summed E-state index contributed by atoms with van der Waals surface area (Å²) in [4.78, 5) is 28.3. The van der Waals surface area contributed by atoms with Crippen LogP contribution in [0.2, 0.25) is 0 Å². The van der Waals surface area contributed by atoms with Crippen molar-refractivity contribution in [1.29, 1.82) is 0 Å². The van der Waals surface area contributed by atoms with Gasteiger partial charge in [-0.1, -0.05) is 12.5 Å². The van der Waals surface area contributed by atoms with Crippen LogP contribution in [0.3, 0.4) is 0 Å². The minimum absolute atomic E-state index is 0.106. The van der Waals surface area contributed by atoms with E-state index in [0.29, 0.717) is 18.3 Å². The van der Waals surface area contributed by atoms with Crippen LogP contribution in [-0.2, 0) is 0 Å². The van der Waals surface area contributed by atoms with Gasteiger partial charge in [-0.15, -0.1) is 0 Å². The number of carbonyl (C=O) groups is 1. The van der Waals surface area contributed by atoms with Gasteiger partial charge >= 0.3 is 0 Å². The number of pyridine rings is 1. The van der Waals surface area contributed by atoms with Crippen LogP contribution in [0.15, 0.2) is 23.0 Å². The molecule has 1 unspecified atom stereocenters. The molecular weight excluding hydrogens is 254 g/mol. The molecule has 2 N–H and O–H groups in total. The molecule has 1 fully saturated rings. The van der Waals surface area contributed by atoms with Gasteiger partial charge in [0.2, 0.25) is 5.56 Å². The first-order valence-electron chi connectivity index (χ1n) is 7.31. The van der Waals surface area contributed by atoms with Gasteiger partial charge in [0.1, 0.15) is 5.69 Å². The van der Waals surface area contributed by atoms with Crippen molar-refractivity contribution in [3.05, 3.63) is 34.2 Å². The Morgan fingerprint density at radius 1 is 1.40 bits per heavy atom. The number of rotatable bonds is 4. The van der Waals surface area contributed by atoms with E-state index in [9.17, 15) is 9.59 Å². The first-order valence-corrected chi connectivity index (χ1v) is 7.31. The molecule has 5 nitrogen and oxygen atoms in total. The van der Waals surface area contributed by atoms with Crippen molar-refractivity contribution < 1.29 is 4.79 Å². The summed E-state index contributed by atoms with van der Waals surface area (Å²) in [6.45, 7) is 5.71. The third kappa shape index (κ3) is 3.70. The Hall–Kier alpha value is -1.62. The SMILES string of the molecule is CC(C)N(CC1CCCCN1)C(=O)c1cccc(=O)[nH]1. The average Bonchev–Trinajstić information content (AvgIpc) is 2.45. The van der Waals surface area contributed by atoms with Crippen LogP contribution in [0, 0.1) is 0 Å². The number of nitrogens with zero attached hydrogens (tertiary/aromatic N) is 1. The highest BCUT2D eigenvalue weighted by Crippen LogP contribution is 2.12. The number of aromatic amines is 1. The summed E-state index contributed by atoms with van der Waals surface area (Å²) >= 11 is 0. The predicted octanol–water partition coefficient (Wildman–Crippen LogP) is 1.37. The fraction of sp³-hybridized carbons (Fsp3) is 0.600. The summed E-state index contributed by atoms with van der Waals surface area (Å²) in [7, 11) is 0. The molecule has 1 saturated heterocycles. The third-order valence-electron chi connectivity index (χ3n) is 3.71. The number of H-pyrrole nitrogens is 1. The third-order valence-corrected chi connectivity index (χ3v) is 3.71. The Morgan fingerprint density at radius 3 is 2.80 bits per heavy atom. The van der Waals surface area contributed by atoms with Gasteiger partial charge in [-0.3, -0.25) is 9.59 Å². The molecule has 0 aliphatic carbocycles. The molecule has 1 aromatic heterocycles. The van der Waals surface area contributed by atoms with Crippen LogP contribution in [0.5, 0.6) is 0 Å². The van der Waals surface area contributed by atoms with Crippen molar-refractivity contribution in [2.75, 3.05) is 13.1 Å². The zero-order valence-electron chi connectivity index (χ0n) is 12.2. The maximum Gasteiger partial charge on any atom is 0.270 e. The van der Waals surface area contributed by atoms with Crippen molar-refractivity contribution in [2.45, 2.75) is 45.2 Å². The molecular formula is C15H23N3O2. The molecule has 20 heavy (non-hydrogen) atoms. The number of piperidine rings is 1. The molecule has 0 bridgehead atoms. The molecule has 5 heteroatoms. The van der Waals surface area contributed by atoms with Gasteiger partial charge in [-0.05, 0) is 39.3 Å². The number of carbonyl (C=O) groups excluding carboxylic acids is 1. The molecule has 1 amide bonds. The lowest BCUT2D eigenvalue weighted by molar-refractivity contribution is 0.0670. The molecule has 0 saturated carbocycles. The fourth-order valence-electron chi connectivity index (χ4n) is 2.57. The molecule has 1 aliphatic heterocycles. The highest BCUT2D eigenvalue weighted by molar-refractivity contribution is 5.92. The van der Waals surface area contributed by atoms with E-state index in [1.165, 1.54) is 18.9 Å². The van der Waals surface area contributed by atoms with E-state index in [-0.39, 0.29) is 17.5 Å². The minimum Gasteiger partial charge on any atom is -0.333 e. The summed E-state index contributed by atoms with van der Waals surface area (Å²) in [6.07, 6.45) is 3.51. The Kier molecular flexibility index (Phi) is 4.95. The van der Waals surface area contributed by atoms with Crippen LogP contribution in [0.25, 0.3) is 0 Å². The lowest BCUT2D eigenvalue weighted by Crippen LogP contribution is -2.48. The molecule has 0 radical (unpaired) electrons. The van der Waals surface area contributed by atoms with E-state index >= 15 is 0 Å². The molecule has 1 aliphatic rings. The zero-order valence-corrected chi connectivity index (χ0v) is 12.2. The van der Waals surface area contributed by atoms with E-state index in [1.807, 2.05) is 18.7 Å². The van der Waals surface area contributed by atoms with Crippen molar-refractivity contribution >= 4 is 5.91 Å². The van der Waals surface area contributed by atoms with Crippen molar-refractivity contribution in [2.24, 2.45) is 0 Å². The molecule has 0 spiro atoms. The number of amides is 1. The second kappa shape index (κ2) is 6.70. The lowest BCUT2D eigenvalue weighted by atomic mass is 10.0. The average molecular weight is 277 g/mol. The second-order valence-corrected chi connectivity index (χ2v) is 5.63. The molecule has 1 atom stereocenters. The Bertz CT molecular complexity index is 504. The number of hydrogen-bond acceptors (Lipinski definition) is 3. The molecule has 0 aromatic carbocycles. The Morgan fingerprint density at radius 2 is 2.20 bits per heavy atom. The summed E-state index contributed by atoms with van der Waals surface area (Å²) in [6, 6.07) is 5.15. The first kappa shape index (κ1) is 14.8. The first-order chi connectivity index (χ1) is 9.58. The number of nitrogens with one attached hydrogen (secondary N) is 2. The Labute approximate surface area is 119 Å². The van der Waals surface area contributed by atoms with Gasteiger partial charge in [0.05, 0.1) is 0 Å². The summed E-state index contributed by atoms with van der Waals surface area (Å²) in [5.41, 5.74) is 0.123. The second-order valence-electron chi connectivity index (χ2n) is 5.63. The smallest absolute Gasteiger partial charge is 0.270 e. The highest BCUT2D eigenvalue weighted by Gasteiger charge is 2.24. The van der Waals surface area contributed by atoms with Gasteiger partial charge in [0.15, 0.2) is 0 Å². The van der Waals surface area contributed by atoms with Gasteiger partial charge in [-0.25, -0.2) is 0 Å². The highest BCUT2D eigenvalue weighted by atomic mass is 16.2. The number of hydrogen-bond donors (Lipinski definition) is 2. The molecule has 110 valence electrons. The monoisotopic (exact) mass is 277 g/mol. The minimum atomic E-state index is -0.240. The topological polar surface area (TPSA) is 65.2 Å². The Balaban J connectivity index is 2.11. The van der Waals surface area contributed by atoms with E-state index in [2.05, 4.69) is 10.3 Å². The van der Waals surface area contributed by atoms with Gasteiger partial charge in [-0.2, -0.15) is 0 Å². The number of aromatic nitrogens is 1. The standard InChI is InChI=1S/C15H23N3O2/c1-11(2)18(10-12-6-3-4-9-16-12)15(20)13-7-5-8-14(19)17-13/h5,7-8,11-12,16H,3-4,6,9-10H2,1-2H3,(H,17,19). The van der Waals surface area contributed by atoms with E-state index in [0.717, 1.165) is 13.0 Å². The van der Waals surface area contributed by atoms with E-state index < -0.39 is 0 Å². The maximum atomic E-state index is 12.5. The van der Waals surface area contributed by atoms with Crippen molar-refractivity contribution in [3.8, 4) is 0 Å². The van der Waals surface area contributed by atoms with Crippen LogP contribution in [-0.4, -0.2) is 41.0 Å². The molecule has 2 rings (SSSR count). The van der Waals surface area contributed by atoms with Gasteiger partial charge in [0.25, 0.3) is 5.91 Å². The van der Waals surface area contributed by atoms with Crippen LogP contribution < -0.4 is 10.9 Å². The molecule has 1 aromatic rings. The van der Waals surface area contributed by atoms with Crippen LogP contribution in [0.1, 0.15) is 43.6 Å². The van der Waals surface area contributed by atoms with Gasteiger partial charge in [0, 0.05) is 24.7 Å². The maximum absolute atomic E-state index is 12.5. The predicted molar refractivity (Wildman–Crippen MR) is 78.9 cm³/mol. The molecule has 2 heterocycles. The summed E-state index contributed by atoms with van der Waals surface area (Å²) in [5, 5.41) is 3.46.